The van der Waals surface area contributed by atoms with Crippen LogP contribution >= 0.6 is 11.3 Å². The topological polar surface area (TPSA) is 63.3 Å². The minimum absolute atomic E-state index is 0.648. The number of hydrogen-bond donors (Lipinski definition) is 2. The SMILES string of the molecule is CC(N)(C(=O)O)c1ccsc1. The molecule has 0 aliphatic heterocycles. The van der Waals surface area contributed by atoms with E-state index in [9.17, 15) is 4.79 Å². The Kier molecular flexibility index (Phi) is 1.97. The minimum Gasteiger partial charge on any atom is -0.480 e. The second-order valence-corrected chi connectivity index (χ2v) is 3.30. The summed E-state index contributed by atoms with van der Waals surface area (Å²) in [6.07, 6.45) is 0. The van der Waals surface area contributed by atoms with Gasteiger partial charge in [0, 0.05) is 0 Å². The molecule has 1 aromatic heterocycles. The first-order chi connectivity index (χ1) is 5.05. The van der Waals surface area contributed by atoms with Gasteiger partial charge in [0.1, 0.15) is 5.54 Å². The number of nitrogens with two attached hydrogens (primary N) is 1. The van der Waals surface area contributed by atoms with Crippen LogP contribution in [0.4, 0.5) is 0 Å². The van der Waals surface area contributed by atoms with Gasteiger partial charge in [0.2, 0.25) is 0 Å². The molecule has 0 aliphatic rings. The summed E-state index contributed by atoms with van der Waals surface area (Å²) < 4.78 is 0. The summed E-state index contributed by atoms with van der Waals surface area (Å²) in [4.78, 5) is 10.6. The van der Waals surface area contributed by atoms with Crippen LogP contribution in [0.25, 0.3) is 0 Å². The second-order valence-electron chi connectivity index (χ2n) is 2.52. The molecule has 1 heterocycles. The predicted molar refractivity (Wildman–Crippen MR) is 43.5 cm³/mol. The smallest absolute Gasteiger partial charge is 0.328 e. The maximum absolute atomic E-state index is 10.6. The predicted octanol–water partition coefficient (Wildman–Crippen LogP) is 1.01. The summed E-state index contributed by atoms with van der Waals surface area (Å²) in [5, 5.41) is 12.2. The van der Waals surface area contributed by atoms with Crippen LogP contribution in [0.5, 0.6) is 0 Å². The van der Waals surface area contributed by atoms with Crippen LogP contribution in [0, 0.1) is 0 Å². The summed E-state index contributed by atoms with van der Waals surface area (Å²) in [5.41, 5.74) is 4.93. The summed E-state index contributed by atoms with van der Waals surface area (Å²) in [6.45, 7) is 1.48. The highest BCUT2D eigenvalue weighted by Gasteiger charge is 2.30. The van der Waals surface area contributed by atoms with E-state index in [0.717, 1.165) is 0 Å². The van der Waals surface area contributed by atoms with Crippen molar-refractivity contribution < 1.29 is 9.90 Å². The molecule has 0 saturated heterocycles. The summed E-state index contributed by atoms with van der Waals surface area (Å²) in [6, 6.07) is 1.72. The van der Waals surface area contributed by atoms with Gasteiger partial charge in [-0.2, -0.15) is 11.3 Å². The lowest BCUT2D eigenvalue weighted by atomic mass is 9.97. The molecule has 0 saturated carbocycles. The Morgan fingerprint density at radius 3 is 2.82 bits per heavy atom. The third kappa shape index (κ3) is 1.41. The van der Waals surface area contributed by atoms with Crippen molar-refractivity contribution in [1.29, 1.82) is 0 Å². The van der Waals surface area contributed by atoms with Gasteiger partial charge in [0.25, 0.3) is 0 Å². The summed E-state index contributed by atoms with van der Waals surface area (Å²) in [7, 11) is 0. The molecule has 0 radical (unpaired) electrons. The molecule has 0 spiro atoms. The molecule has 3 nitrogen and oxygen atoms in total. The molecule has 0 bridgehead atoms. The molecule has 60 valence electrons. The van der Waals surface area contributed by atoms with Crippen LogP contribution in [0.2, 0.25) is 0 Å². The van der Waals surface area contributed by atoms with Gasteiger partial charge in [-0.3, -0.25) is 0 Å². The van der Waals surface area contributed by atoms with E-state index < -0.39 is 11.5 Å². The monoisotopic (exact) mass is 171 g/mol. The molecule has 0 aliphatic carbocycles. The van der Waals surface area contributed by atoms with E-state index in [2.05, 4.69) is 0 Å². The Morgan fingerprint density at radius 1 is 1.82 bits per heavy atom. The first-order valence-electron chi connectivity index (χ1n) is 3.10. The van der Waals surface area contributed by atoms with Gasteiger partial charge in [-0.15, -0.1) is 0 Å². The zero-order chi connectivity index (χ0) is 8.48. The lowest BCUT2D eigenvalue weighted by Gasteiger charge is -2.16. The lowest BCUT2D eigenvalue weighted by molar-refractivity contribution is -0.143. The number of rotatable bonds is 2. The summed E-state index contributed by atoms with van der Waals surface area (Å²) in [5.74, 6) is -1.00. The van der Waals surface area contributed by atoms with Crippen molar-refractivity contribution in [3.8, 4) is 0 Å². The number of carbonyl (C=O) groups is 1. The maximum Gasteiger partial charge on any atom is 0.328 e. The number of aliphatic carboxylic acids is 1. The van der Waals surface area contributed by atoms with Crippen molar-refractivity contribution in [3.05, 3.63) is 22.4 Å². The molecular weight excluding hydrogens is 162 g/mol. The molecule has 0 amide bonds. The third-order valence-corrected chi connectivity index (χ3v) is 2.25. The van der Waals surface area contributed by atoms with E-state index in [-0.39, 0.29) is 0 Å². The fourth-order valence-corrected chi connectivity index (χ4v) is 1.46. The van der Waals surface area contributed by atoms with E-state index >= 15 is 0 Å². The molecule has 3 N–H and O–H groups in total. The second kappa shape index (κ2) is 2.64. The van der Waals surface area contributed by atoms with Crippen LogP contribution in [0.15, 0.2) is 16.8 Å². The van der Waals surface area contributed by atoms with E-state index in [1.807, 2.05) is 5.38 Å². The number of hydrogen-bond acceptors (Lipinski definition) is 3. The zero-order valence-electron chi connectivity index (χ0n) is 6.07. The fraction of sp³-hybridized carbons (Fsp3) is 0.286. The van der Waals surface area contributed by atoms with Crippen LogP contribution in [-0.2, 0) is 10.3 Å². The molecule has 0 fully saturated rings. The first-order valence-corrected chi connectivity index (χ1v) is 4.04. The number of carboxylic acid groups (broad SMARTS) is 1. The van der Waals surface area contributed by atoms with Crippen LogP contribution in [0.1, 0.15) is 12.5 Å². The lowest BCUT2D eigenvalue weighted by Crippen LogP contribution is -2.41. The van der Waals surface area contributed by atoms with E-state index in [4.69, 9.17) is 10.8 Å². The van der Waals surface area contributed by atoms with E-state index in [0.29, 0.717) is 5.56 Å². The van der Waals surface area contributed by atoms with Gasteiger partial charge in [-0.25, -0.2) is 4.79 Å². The molecule has 1 aromatic rings. The van der Waals surface area contributed by atoms with Gasteiger partial charge in [-0.05, 0) is 29.3 Å². The molecule has 1 rings (SSSR count). The third-order valence-electron chi connectivity index (χ3n) is 1.57. The average molecular weight is 171 g/mol. The summed E-state index contributed by atoms with van der Waals surface area (Å²) >= 11 is 1.44. The normalized spacial score (nSPS) is 15.8. The van der Waals surface area contributed by atoms with Crippen LogP contribution in [-0.4, -0.2) is 11.1 Å². The van der Waals surface area contributed by atoms with Crippen molar-refractivity contribution in [1.82, 2.24) is 0 Å². The van der Waals surface area contributed by atoms with Crippen molar-refractivity contribution in [2.24, 2.45) is 5.73 Å². The number of thiophene rings is 1. The van der Waals surface area contributed by atoms with E-state index in [1.54, 1.807) is 11.4 Å². The number of carboxylic acids is 1. The Labute approximate surface area is 68.5 Å². The van der Waals surface area contributed by atoms with Crippen molar-refractivity contribution in [2.45, 2.75) is 12.5 Å². The van der Waals surface area contributed by atoms with Gasteiger partial charge >= 0.3 is 5.97 Å². The molecular formula is C7H9NO2S. The highest BCUT2D eigenvalue weighted by Crippen LogP contribution is 2.20. The molecule has 1 atom stereocenters. The molecule has 1 unspecified atom stereocenters. The highest BCUT2D eigenvalue weighted by molar-refractivity contribution is 7.08. The van der Waals surface area contributed by atoms with E-state index in [1.165, 1.54) is 18.3 Å². The molecule has 0 aromatic carbocycles. The fourth-order valence-electron chi connectivity index (χ4n) is 0.683. The highest BCUT2D eigenvalue weighted by atomic mass is 32.1. The molecule has 4 heteroatoms. The van der Waals surface area contributed by atoms with Crippen LogP contribution in [0.3, 0.4) is 0 Å². The van der Waals surface area contributed by atoms with Gasteiger partial charge in [0.15, 0.2) is 0 Å². The van der Waals surface area contributed by atoms with Crippen molar-refractivity contribution >= 4 is 17.3 Å². The minimum atomic E-state index is -1.25. The Bertz CT molecular complexity index is 253. The average Bonchev–Trinajstić information content (AvgIpc) is 2.37. The zero-order valence-corrected chi connectivity index (χ0v) is 6.89. The molecule has 11 heavy (non-hydrogen) atoms. The van der Waals surface area contributed by atoms with Crippen molar-refractivity contribution in [3.63, 3.8) is 0 Å². The van der Waals surface area contributed by atoms with Gasteiger partial charge < -0.3 is 10.8 Å². The quantitative estimate of drug-likeness (QED) is 0.698. The standard InChI is InChI=1S/C7H9NO2S/c1-7(8,6(9)10)5-2-3-11-4-5/h2-4H,8H2,1H3,(H,9,10). The van der Waals surface area contributed by atoms with Crippen LogP contribution < -0.4 is 5.73 Å². The largest absolute Gasteiger partial charge is 0.480 e. The Balaban J connectivity index is 3.00. The van der Waals surface area contributed by atoms with Gasteiger partial charge in [0.05, 0.1) is 0 Å². The Morgan fingerprint density at radius 2 is 2.45 bits per heavy atom. The first kappa shape index (κ1) is 8.23. The van der Waals surface area contributed by atoms with Crippen molar-refractivity contribution in [2.75, 3.05) is 0 Å². The maximum atomic E-state index is 10.6. The Hall–Kier alpha value is -0.870. The van der Waals surface area contributed by atoms with Gasteiger partial charge in [-0.1, -0.05) is 0 Å².